The van der Waals surface area contributed by atoms with E-state index in [-0.39, 0.29) is 12.3 Å². The predicted octanol–water partition coefficient (Wildman–Crippen LogP) is 3.98. The van der Waals surface area contributed by atoms with E-state index in [1.54, 1.807) is 24.5 Å². The Kier molecular flexibility index (Phi) is 4.34. The summed E-state index contributed by atoms with van der Waals surface area (Å²) in [6.07, 6.45) is 3.22. The number of hydrogen-bond acceptors (Lipinski definition) is 4. The van der Waals surface area contributed by atoms with Crippen LogP contribution in [0, 0.1) is 10.1 Å². The van der Waals surface area contributed by atoms with Gasteiger partial charge in [-0.15, -0.1) is 0 Å². The SMILES string of the molecule is O=[N+]([O-])c1ccc(COc2cncc(Br)c2)c(Cl)c1. The molecule has 1 aromatic heterocycles. The highest BCUT2D eigenvalue weighted by molar-refractivity contribution is 9.10. The zero-order valence-electron chi connectivity index (χ0n) is 9.55. The molecule has 0 N–H and O–H groups in total. The molecule has 0 bridgehead atoms. The molecule has 19 heavy (non-hydrogen) atoms. The third-order valence-electron chi connectivity index (χ3n) is 2.32. The lowest BCUT2D eigenvalue weighted by atomic mass is 10.2. The number of nitrogens with zero attached hydrogens (tertiary/aromatic N) is 2. The number of aromatic nitrogens is 1. The minimum absolute atomic E-state index is 0.0436. The topological polar surface area (TPSA) is 65.3 Å². The summed E-state index contributed by atoms with van der Waals surface area (Å²) in [6, 6.07) is 6.04. The van der Waals surface area contributed by atoms with E-state index in [9.17, 15) is 10.1 Å². The molecule has 98 valence electrons. The molecular weight excluding hydrogens is 336 g/mol. The van der Waals surface area contributed by atoms with Crippen LogP contribution in [0.25, 0.3) is 0 Å². The maximum Gasteiger partial charge on any atom is 0.270 e. The molecule has 0 radical (unpaired) electrons. The number of nitro benzene ring substituents is 1. The van der Waals surface area contributed by atoms with Gasteiger partial charge in [-0.1, -0.05) is 11.6 Å². The predicted molar refractivity (Wildman–Crippen MR) is 74.4 cm³/mol. The van der Waals surface area contributed by atoms with Crippen LogP contribution in [-0.4, -0.2) is 9.91 Å². The van der Waals surface area contributed by atoms with Crippen molar-refractivity contribution in [1.82, 2.24) is 4.98 Å². The Balaban J connectivity index is 2.10. The van der Waals surface area contributed by atoms with Gasteiger partial charge < -0.3 is 4.74 Å². The second kappa shape index (κ2) is 5.99. The van der Waals surface area contributed by atoms with Crippen LogP contribution in [0.1, 0.15) is 5.56 Å². The smallest absolute Gasteiger partial charge is 0.270 e. The highest BCUT2D eigenvalue weighted by Gasteiger charge is 2.09. The summed E-state index contributed by atoms with van der Waals surface area (Å²) >= 11 is 9.25. The van der Waals surface area contributed by atoms with Crippen molar-refractivity contribution in [3.63, 3.8) is 0 Å². The van der Waals surface area contributed by atoms with Gasteiger partial charge in [0.1, 0.15) is 12.4 Å². The van der Waals surface area contributed by atoms with Crippen molar-refractivity contribution < 1.29 is 9.66 Å². The van der Waals surface area contributed by atoms with Crippen LogP contribution in [0.5, 0.6) is 5.75 Å². The van der Waals surface area contributed by atoms with Gasteiger partial charge in [-0.3, -0.25) is 15.1 Å². The molecule has 0 fully saturated rings. The molecule has 7 heteroatoms. The van der Waals surface area contributed by atoms with Crippen molar-refractivity contribution in [2.45, 2.75) is 6.61 Å². The van der Waals surface area contributed by atoms with Crippen molar-refractivity contribution in [2.24, 2.45) is 0 Å². The van der Waals surface area contributed by atoms with Crippen molar-refractivity contribution in [3.05, 3.63) is 61.8 Å². The van der Waals surface area contributed by atoms with Crippen LogP contribution in [0.3, 0.4) is 0 Å². The summed E-state index contributed by atoms with van der Waals surface area (Å²) in [5.41, 5.74) is 0.630. The van der Waals surface area contributed by atoms with E-state index in [0.717, 1.165) is 4.47 Å². The summed E-state index contributed by atoms with van der Waals surface area (Å²) in [7, 11) is 0. The molecule has 0 spiro atoms. The first-order valence-electron chi connectivity index (χ1n) is 5.22. The van der Waals surface area contributed by atoms with Gasteiger partial charge in [0.2, 0.25) is 0 Å². The quantitative estimate of drug-likeness (QED) is 0.622. The molecule has 0 atom stereocenters. The summed E-state index contributed by atoms with van der Waals surface area (Å²) in [5, 5.41) is 10.9. The minimum Gasteiger partial charge on any atom is -0.487 e. The average Bonchev–Trinajstić information content (AvgIpc) is 2.37. The molecule has 2 rings (SSSR count). The maximum atomic E-state index is 10.6. The first-order chi connectivity index (χ1) is 9.06. The van der Waals surface area contributed by atoms with Crippen LogP contribution >= 0.6 is 27.5 Å². The molecule has 0 aliphatic heterocycles. The zero-order valence-corrected chi connectivity index (χ0v) is 11.9. The van der Waals surface area contributed by atoms with Crippen molar-refractivity contribution in [1.29, 1.82) is 0 Å². The number of hydrogen-bond donors (Lipinski definition) is 0. The number of ether oxygens (including phenoxy) is 1. The molecule has 0 aliphatic rings. The number of benzene rings is 1. The average molecular weight is 344 g/mol. The van der Waals surface area contributed by atoms with Crippen LogP contribution < -0.4 is 4.74 Å². The maximum absolute atomic E-state index is 10.6. The minimum atomic E-state index is -0.491. The van der Waals surface area contributed by atoms with Gasteiger partial charge in [0.05, 0.1) is 16.1 Å². The summed E-state index contributed by atoms with van der Waals surface area (Å²) < 4.78 is 6.31. The lowest BCUT2D eigenvalue weighted by molar-refractivity contribution is -0.384. The molecule has 0 unspecified atom stereocenters. The van der Waals surface area contributed by atoms with E-state index in [1.807, 2.05) is 0 Å². The number of non-ortho nitro benzene ring substituents is 1. The Labute approximate surface area is 122 Å². The van der Waals surface area contributed by atoms with Gasteiger partial charge in [0.25, 0.3) is 5.69 Å². The van der Waals surface area contributed by atoms with Crippen molar-refractivity contribution in [2.75, 3.05) is 0 Å². The molecule has 0 saturated carbocycles. The summed E-state index contributed by atoms with van der Waals surface area (Å²) in [5.74, 6) is 0.587. The van der Waals surface area contributed by atoms with Crippen LogP contribution in [0.15, 0.2) is 41.1 Å². The van der Waals surface area contributed by atoms with Gasteiger partial charge in [-0.05, 0) is 28.1 Å². The van der Waals surface area contributed by atoms with E-state index in [4.69, 9.17) is 16.3 Å². The number of halogens is 2. The molecule has 0 amide bonds. The van der Waals surface area contributed by atoms with Crippen molar-refractivity contribution in [3.8, 4) is 5.75 Å². The van der Waals surface area contributed by atoms with Gasteiger partial charge in [-0.2, -0.15) is 0 Å². The highest BCUT2D eigenvalue weighted by Crippen LogP contribution is 2.24. The molecule has 1 aromatic carbocycles. The zero-order chi connectivity index (χ0) is 13.8. The number of pyridine rings is 1. The summed E-state index contributed by atoms with van der Waals surface area (Å²) in [4.78, 5) is 14.1. The van der Waals surface area contributed by atoms with Crippen LogP contribution in [0.4, 0.5) is 5.69 Å². The monoisotopic (exact) mass is 342 g/mol. The second-order valence-corrected chi connectivity index (χ2v) is 4.98. The van der Waals surface area contributed by atoms with Crippen LogP contribution in [-0.2, 0) is 6.61 Å². The normalized spacial score (nSPS) is 10.2. The molecular formula is C12H8BrClN2O3. The molecule has 5 nitrogen and oxygen atoms in total. The van der Waals surface area contributed by atoms with E-state index in [1.165, 1.54) is 12.1 Å². The largest absolute Gasteiger partial charge is 0.487 e. The first-order valence-corrected chi connectivity index (χ1v) is 6.39. The van der Waals surface area contributed by atoms with Gasteiger partial charge in [0, 0.05) is 28.4 Å². The standard InChI is InChI=1S/C12H8BrClN2O3/c13-9-3-11(6-15-5-9)19-7-8-1-2-10(16(17)18)4-12(8)14/h1-6H,7H2. The van der Waals surface area contributed by atoms with E-state index in [2.05, 4.69) is 20.9 Å². The van der Waals surface area contributed by atoms with Gasteiger partial charge >= 0.3 is 0 Å². The number of rotatable bonds is 4. The highest BCUT2D eigenvalue weighted by atomic mass is 79.9. The van der Waals surface area contributed by atoms with Gasteiger partial charge in [0.15, 0.2) is 0 Å². The Bertz CT molecular complexity index is 622. The lowest BCUT2D eigenvalue weighted by Crippen LogP contribution is -1.97. The first kappa shape index (κ1) is 13.8. The Morgan fingerprint density at radius 1 is 1.37 bits per heavy atom. The Morgan fingerprint density at radius 3 is 2.79 bits per heavy atom. The van der Waals surface area contributed by atoms with E-state index < -0.39 is 4.92 Å². The van der Waals surface area contributed by atoms with E-state index in [0.29, 0.717) is 16.3 Å². The molecule has 2 aromatic rings. The Hall–Kier alpha value is -1.66. The van der Waals surface area contributed by atoms with Crippen LogP contribution in [0.2, 0.25) is 5.02 Å². The van der Waals surface area contributed by atoms with Crippen molar-refractivity contribution >= 4 is 33.2 Å². The van der Waals surface area contributed by atoms with Gasteiger partial charge in [-0.25, -0.2) is 0 Å². The fraction of sp³-hybridized carbons (Fsp3) is 0.0833. The third-order valence-corrected chi connectivity index (χ3v) is 3.11. The fourth-order valence-corrected chi connectivity index (χ4v) is 1.97. The molecule has 0 aliphatic carbocycles. The molecule has 1 heterocycles. The second-order valence-electron chi connectivity index (χ2n) is 3.66. The lowest BCUT2D eigenvalue weighted by Gasteiger charge is -2.07. The Morgan fingerprint density at radius 2 is 2.16 bits per heavy atom. The summed E-state index contributed by atoms with van der Waals surface area (Å²) in [6.45, 7) is 0.217. The van der Waals surface area contributed by atoms with E-state index >= 15 is 0 Å². The number of nitro groups is 1. The third kappa shape index (κ3) is 3.65. The molecule has 0 saturated heterocycles. The fourth-order valence-electron chi connectivity index (χ4n) is 1.40.